The monoisotopic (exact) mass is 552 g/mol. The molecule has 202 valence electrons. The predicted molar refractivity (Wildman–Crippen MR) is 141 cm³/mol. The molecule has 1 unspecified atom stereocenters. The smallest absolute Gasteiger partial charge is 0.296 e. The molecule has 5 heterocycles. The van der Waals surface area contributed by atoms with E-state index in [0.717, 1.165) is 12.0 Å². The van der Waals surface area contributed by atoms with E-state index >= 15 is 4.39 Å². The standard InChI is InChI=1S/C28H26ClFN4O5/c1-34-6-2-3-16(27(34)36)15-7-13-4-5-14(23(13)18(30)8-15)9-19-17(29)10-20-26(31-19)33-28(32-20)39-22-12-38-24-21(35)11-37-25(22)24/h2-3,6-8,10,14,21-22,24-25,35H,4-5,9,11-12H2,1H3,(H,31,32,33)/t14?,21-,22-,24-,25-/m1/s1. The molecule has 7 rings (SSSR count). The summed E-state index contributed by atoms with van der Waals surface area (Å²) >= 11 is 6.60. The van der Waals surface area contributed by atoms with Gasteiger partial charge in [-0.25, -0.2) is 9.37 Å². The van der Waals surface area contributed by atoms with Gasteiger partial charge in [0.15, 0.2) is 11.8 Å². The molecule has 2 N–H and O–H groups in total. The Morgan fingerprint density at radius 2 is 2.08 bits per heavy atom. The van der Waals surface area contributed by atoms with E-state index in [1.807, 2.05) is 6.07 Å². The van der Waals surface area contributed by atoms with Crippen molar-refractivity contribution in [2.75, 3.05) is 13.2 Å². The van der Waals surface area contributed by atoms with Gasteiger partial charge in [0.2, 0.25) is 0 Å². The minimum atomic E-state index is -0.662. The Morgan fingerprint density at radius 1 is 1.23 bits per heavy atom. The second-order valence-electron chi connectivity index (χ2n) is 10.5. The van der Waals surface area contributed by atoms with Crippen LogP contribution in [0.1, 0.15) is 29.2 Å². The summed E-state index contributed by atoms with van der Waals surface area (Å²) < 4.78 is 34.2. The van der Waals surface area contributed by atoms with Gasteiger partial charge in [-0.2, -0.15) is 4.98 Å². The third-order valence-corrected chi connectivity index (χ3v) is 8.31. The quantitative estimate of drug-likeness (QED) is 0.391. The first-order chi connectivity index (χ1) is 18.9. The number of hydrogen-bond donors (Lipinski definition) is 2. The van der Waals surface area contributed by atoms with Crippen molar-refractivity contribution in [2.24, 2.45) is 7.05 Å². The molecule has 5 atom stereocenters. The number of nitrogens with one attached hydrogen (secondary N) is 1. The Hall–Kier alpha value is -3.31. The molecular formula is C28H26ClFN4O5. The van der Waals surface area contributed by atoms with E-state index in [-0.39, 0.29) is 42.6 Å². The zero-order valence-electron chi connectivity index (χ0n) is 21.1. The van der Waals surface area contributed by atoms with Gasteiger partial charge in [-0.15, -0.1) is 0 Å². The van der Waals surface area contributed by atoms with Crippen LogP contribution in [-0.4, -0.2) is 62.3 Å². The van der Waals surface area contributed by atoms with Crippen molar-refractivity contribution in [3.05, 3.63) is 74.5 Å². The summed E-state index contributed by atoms with van der Waals surface area (Å²) in [6, 6.07) is 8.90. The molecule has 0 radical (unpaired) electrons. The van der Waals surface area contributed by atoms with Gasteiger partial charge < -0.3 is 28.9 Å². The number of aromatic nitrogens is 4. The molecule has 2 aliphatic heterocycles. The van der Waals surface area contributed by atoms with E-state index in [0.29, 0.717) is 51.4 Å². The number of fused-ring (bicyclic) bond motifs is 3. The Bertz CT molecular complexity index is 1660. The van der Waals surface area contributed by atoms with Crippen molar-refractivity contribution in [3.8, 4) is 17.1 Å². The molecule has 0 amide bonds. The van der Waals surface area contributed by atoms with E-state index in [2.05, 4.69) is 15.0 Å². The molecule has 39 heavy (non-hydrogen) atoms. The van der Waals surface area contributed by atoms with Crippen molar-refractivity contribution >= 4 is 22.8 Å². The summed E-state index contributed by atoms with van der Waals surface area (Å²) in [5.41, 5.74) is 4.17. The van der Waals surface area contributed by atoms with Gasteiger partial charge in [-0.05, 0) is 66.1 Å². The highest BCUT2D eigenvalue weighted by molar-refractivity contribution is 6.31. The van der Waals surface area contributed by atoms with E-state index < -0.39 is 18.3 Å². The van der Waals surface area contributed by atoms with Crippen molar-refractivity contribution in [3.63, 3.8) is 0 Å². The van der Waals surface area contributed by atoms with E-state index in [4.69, 9.17) is 25.8 Å². The molecule has 11 heteroatoms. The van der Waals surface area contributed by atoms with Crippen LogP contribution in [0.5, 0.6) is 6.01 Å². The highest BCUT2D eigenvalue weighted by Gasteiger charge is 2.48. The second-order valence-corrected chi connectivity index (χ2v) is 10.9. The van der Waals surface area contributed by atoms with Crippen molar-refractivity contribution in [1.82, 2.24) is 19.5 Å². The highest BCUT2D eigenvalue weighted by atomic mass is 35.5. The number of aryl methyl sites for hydroxylation is 2. The lowest BCUT2D eigenvalue weighted by Gasteiger charge is -2.15. The summed E-state index contributed by atoms with van der Waals surface area (Å²) in [6.07, 6.45) is 1.78. The fraction of sp³-hybridized carbons (Fsp3) is 0.393. The fourth-order valence-corrected chi connectivity index (χ4v) is 6.27. The maximum Gasteiger partial charge on any atom is 0.296 e. The Balaban J connectivity index is 1.13. The second kappa shape index (κ2) is 9.41. The largest absolute Gasteiger partial charge is 0.456 e. The number of aromatic amines is 1. The number of nitrogens with zero attached hydrogens (tertiary/aromatic N) is 3. The van der Waals surface area contributed by atoms with Gasteiger partial charge >= 0.3 is 0 Å². The number of halogens is 2. The molecule has 2 saturated heterocycles. The minimum Gasteiger partial charge on any atom is -0.456 e. The number of rotatable bonds is 5. The zero-order valence-corrected chi connectivity index (χ0v) is 21.8. The minimum absolute atomic E-state index is 0.0942. The maximum atomic E-state index is 15.5. The van der Waals surface area contributed by atoms with E-state index in [1.54, 1.807) is 31.4 Å². The first-order valence-electron chi connectivity index (χ1n) is 13.0. The normalized spacial score (nSPS) is 25.8. The number of hydrogen-bond acceptors (Lipinski definition) is 7. The lowest BCUT2D eigenvalue weighted by atomic mass is 9.93. The molecule has 1 aromatic carbocycles. The fourth-order valence-electron chi connectivity index (χ4n) is 6.04. The third kappa shape index (κ3) is 4.22. The van der Waals surface area contributed by atoms with Crippen molar-refractivity contribution in [1.29, 1.82) is 0 Å². The number of H-pyrrole nitrogens is 1. The molecular weight excluding hydrogens is 527 g/mol. The summed E-state index contributed by atoms with van der Waals surface area (Å²) in [7, 11) is 1.68. The molecule has 4 aromatic rings. The number of benzene rings is 1. The Kier molecular flexibility index (Phi) is 5.96. The molecule has 9 nitrogen and oxygen atoms in total. The number of aliphatic hydroxyl groups is 1. The van der Waals surface area contributed by atoms with E-state index in [9.17, 15) is 9.90 Å². The van der Waals surface area contributed by atoms with Crippen LogP contribution in [0.25, 0.3) is 22.3 Å². The van der Waals surface area contributed by atoms with Crippen LogP contribution in [0.3, 0.4) is 0 Å². The van der Waals surface area contributed by atoms with Gasteiger partial charge in [0, 0.05) is 18.8 Å². The molecule has 3 aromatic heterocycles. The highest BCUT2D eigenvalue weighted by Crippen LogP contribution is 2.40. The van der Waals surface area contributed by atoms with Crippen LogP contribution in [0.15, 0.2) is 41.3 Å². The molecule has 0 saturated carbocycles. The average Bonchev–Trinajstić information content (AvgIpc) is 3.67. The SMILES string of the molecule is Cn1cccc(-c2cc(F)c3c(c2)CCC3Cc2nc3nc(O[C@@H]4CO[C@H]5[C@@H]4OC[C@H]5O)[nH]c3cc2Cl)c1=O. The van der Waals surface area contributed by atoms with Crippen LogP contribution >= 0.6 is 11.6 Å². The van der Waals surface area contributed by atoms with Gasteiger partial charge in [0.05, 0.1) is 29.4 Å². The van der Waals surface area contributed by atoms with Crippen LogP contribution in [0.4, 0.5) is 4.39 Å². The van der Waals surface area contributed by atoms with Crippen molar-refractivity contribution in [2.45, 2.75) is 49.6 Å². The first-order valence-corrected chi connectivity index (χ1v) is 13.3. The lowest BCUT2D eigenvalue weighted by molar-refractivity contribution is 0.00706. The number of aliphatic hydroxyl groups excluding tert-OH is 1. The van der Waals surface area contributed by atoms with Crippen LogP contribution in [0.2, 0.25) is 5.02 Å². The molecule has 0 bridgehead atoms. The van der Waals surface area contributed by atoms with Crippen LogP contribution < -0.4 is 10.3 Å². The predicted octanol–water partition coefficient (Wildman–Crippen LogP) is 3.29. The molecule has 2 fully saturated rings. The van der Waals surface area contributed by atoms with Gasteiger partial charge in [-0.3, -0.25) is 4.79 Å². The molecule has 1 aliphatic carbocycles. The summed E-state index contributed by atoms with van der Waals surface area (Å²) in [6.45, 7) is 0.503. The third-order valence-electron chi connectivity index (χ3n) is 7.98. The zero-order chi connectivity index (χ0) is 26.8. The van der Waals surface area contributed by atoms with Crippen LogP contribution in [-0.2, 0) is 29.4 Å². The van der Waals surface area contributed by atoms with Gasteiger partial charge in [-0.1, -0.05) is 17.7 Å². The Morgan fingerprint density at radius 3 is 2.95 bits per heavy atom. The number of ether oxygens (including phenoxy) is 3. The maximum absolute atomic E-state index is 15.5. The molecule has 0 spiro atoms. The van der Waals surface area contributed by atoms with Gasteiger partial charge in [0.25, 0.3) is 11.6 Å². The summed E-state index contributed by atoms with van der Waals surface area (Å²) in [5, 5.41) is 10.4. The van der Waals surface area contributed by atoms with E-state index in [1.165, 1.54) is 10.6 Å². The lowest BCUT2D eigenvalue weighted by Crippen LogP contribution is -2.34. The number of imidazole rings is 1. The molecule has 3 aliphatic rings. The van der Waals surface area contributed by atoms with Gasteiger partial charge in [0.1, 0.15) is 24.1 Å². The number of pyridine rings is 2. The Labute approximate surface area is 227 Å². The summed E-state index contributed by atoms with van der Waals surface area (Å²) in [4.78, 5) is 24.8. The first kappa shape index (κ1) is 24.7. The topological polar surface area (TPSA) is 111 Å². The van der Waals surface area contributed by atoms with Crippen LogP contribution in [0, 0.1) is 5.82 Å². The average molecular weight is 553 g/mol. The van der Waals surface area contributed by atoms with Crippen molar-refractivity contribution < 1.29 is 23.7 Å². The summed E-state index contributed by atoms with van der Waals surface area (Å²) in [5.74, 6) is -0.414.